The third-order valence-electron chi connectivity index (χ3n) is 4.77. The lowest BCUT2D eigenvalue weighted by molar-refractivity contribution is -0.136. The second kappa shape index (κ2) is 13.1. The first kappa shape index (κ1) is 28.0. The standard InChI is InChI=1S/C25H21BrCl2N4O5/c1-14-10-16(7-8-17(14)26)30-22(33)13-37-20-9-6-15(11-21(20)36-2)12-29-32-25(35)24(34)31-19-5-3-4-18(27)23(19)28/h3-12H,13H2,1-2H3,(H,30,33)(H,31,34)(H,32,35)/b29-12-. The Morgan fingerprint density at radius 1 is 1.00 bits per heavy atom. The lowest BCUT2D eigenvalue weighted by Crippen LogP contribution is -2.32. The Balaban J connectivity index is 1.54. The monoisotopic (exact) mass is 606 g/mol. The number of halogens is 3. The lowest BCUT2D eigenvalue weighted by atomic mass is 10.2. The third kappa shape index (κ3) is 7.94. The summed E-state index contributed by atoms with van der Waals surface area (Å²) in [6, 6.07) is 14.9. The van der Waals surface area contributed by atoms with Gasteiger partial charge in [0.05, 0.1) is 29.1 Å². The van der Waals surface area contributed by atoms with Crippen LogP contribution < -0.4 is 25.5 Å². The van der Waals surface area contributed by atoms with Gasteiger partial charge in [0.1, 0.15) is 0 Å². The minimum absolute atomic E-state index is 0.115. The van der Waals surface area contributed by atoms with Crippen LogP contribution in [0.4, 0.5) is 11.4 Å². The molecule has 0 radical (unpaired) electrons. The van der Waals surface area contributed by atoms with Crippen LogP contribution in [0.5, 0.6) is 11.5 Å². The van der Waals surface area contributed by atoms with Crippen LogP contribution in [0.3, 0.4) is 0 Å². The number of methoxy groups -OCH3 is 1. The van der Waals surface area contributed by atoms with Crippen molar-refractivity contribution in [1.82, 2.24) is 5.43 Å². The summed E-state index contributed by atoms with van der Waals surface area (Å²) in [6.07, 6.45) is 1.31. The quantitative estimate of drug-likeness (QED) is 0.185. The predicted molar refractivity (Wildman–Crippen MR) is 147 cm³/mol. The van der Waals surface area contributed by atoms with Crippen LogP contribution in [0.25, 0.3) is 0 Å². The molecule has 192 valence electrons. The molecule has 12 heteroatoms. The minimum Gasteiger partial charge on any atom is -0.493 e. The highest BCUT2D eigenvalue weighted by molar-refractivity contribution is 9.10. The molecule has 0 spiro atoms. The van der Waals surface area contributed by atoms with Gasteiger partial charge in [-0.25, -0.2) is 5.43 Å². The third-order valence-corrected chi connectivity index (χ3v) is 6.48. The van der Waals surface area contributed by atoms with Gasteiger partial charge in [0.25, 0.3) is 5.91 Å². The number of hydrazone groups is 1. The molecule has 0 aromatic heterocycles. The van der Waals surface area contributed by atoms with E-state index in [1.54, 1.807) is 36.4 Å². The molecule has 3 rings (SSSR count). The zero-order valence-electron chi connectivity index (χ0n) is 19.6. The van der Waals surface area contributed by atoms with E-state index >= 15 is 0 Å². The summed E-state index contributed by atoms with van der Waals surface area (Å²) >= 11 is 15.3. The van der Waals surface area contributed by atoms with Crippen molar-refractivity contribution in [2.75, 3.05) is 24.4 Å². The summed E-state index contributed by atoms with van der Waals surface area (Å²) in [5, 5.41) is 9.25. The number of amides is 3. The maximum Gasteiger partial charge on any atom is 0.329 e. The molecule has 0 aliphatic rings. The molecule has 0 aliphatic carbocycles. The van der Waals surface area contributed by atoms with Gasteiger partial charge in [-0.2, -0.15) is 5.10 Å². The summed E-state index contributed by atoms with van der Waals surface area (Å²) in [5.41, 5.74) is 4.49. The van der Waals surface area contributed by atoms with Gasteiger partial charge in [-0.1, -0.05) is 45.2 Å². The largest absolute Gasteiger partial charge is 0.493 e. The molecule has 0 saturated heterocycles. The van der Waals surface area contributed by atoms with E-state index in [-0.39, 0.29) is 28.2 Å². The second-order valence-corrected chi connectivity index (χ2v) is 9.11. The summed E-state index contributed by atoms with van der Waals surface area (Å²) in [6.45, 7) is 1.68. The van der Waals surface area contributed by atoms with Crippen LogP contribution in [-0.4, -0.2) is 37.7 Å². The lowest BCUT2D eigenvalue weighted by Gasteiger charge is -2.12. The first-order valence-corrected chi connectivity index (χ1v) is 12.2. The van der Waals surface area contributed by atoms with Crippen molar-refractivity contribution >= 4 is 74.4 Å². The molecule has 3 aromatic carbocycles. The number of nitrogens with zero attached hydrogens (tertiary/aromatic N) is 1. The van der Waals surface area contributed by atoms with E-state index in [1.165, 1.54) is 19.4 Å². The van der Waals surface area contributed by atoms with Crippen molar-refractivity contribution in [1.29, 1.82) is 0 Å². The molecule has 0 saturated carbocycles. The first-order chi connectivity index (χ1) is 17.7. The zero-order valence-corrected chi connectivity index (χ0v) is 22.7. The average Bonchev–Trinajstić information content (AvgIpc) is 2.87. The fourth-order valence-corrected chi connectivity index (χ4v) is 3.54. The highest BCUT2D eigenvalue weighted by atomic mass is 79.9. The molecule has 0 fully saturated rings. The van der Waals surface area contributed by atoms with E-state index in [2.05, 4.69) is 37.1 Å². The maximum atomic E-state index is 12.3. The molecule has 9 nitrogen and oxygen atoms in total. The SMILES string of the molecule is COc1cc(/C=N\NC(=O)C(=O)Nc2cccc(Cl)c2Cl)ccc1OCC(=O)Nc1ccc(Br)c(C)c1. The molecular formula is C25H21BrCl2N4O5. The molecule has 0 bridgehead atoms. The Morgan fingerprint density at radius 2 is 1.78 bits per heavy atom. The van der Waals surface area contributed by atoms with Crippen LogP contribution in [0.1, 0.15) is 11.1 Å². The predicted octanol–water partition coefficient (Wildman–Crippen LogP) is 5.18. The highest BCUT2D eigenvalue weighted by Gasteiger charge is 2.15. The van der Waals surface area contributed by atoms with E-state index < -0.39 is 11.8 Å². The number of benzene rings is 3. The van der Waals surface area contributed by atoms with Gasteiger partial charge in [-0.3, -0.25) is 14.4 Å². The van der Waals surface area contributed by atoms with Crippen LogP contribution in [-0.2, 0) is 14.4 Å². The van der Waals surface area contributed by atoms with Crippen LogP contribution in [0.2, 0.25) is 10.0 Å². The van der Waals surface area contributed by atoms with Gasteiger partial charge in [-0.05, 0) is 66.6 Å². The van der Waals surface area contributed by atoms with Gasteiger partial charge in [0.15, 0.2) is 18.1 Å². The van der Waals surface area contributed by atoms with Gasteiger partial charge in [0, 0.05) is 10.2 Å². The van der Waals surface area contributed by atoms with Crippen molar-refractivity contribution in [3.8, 4) is 11.5 Å². The average molecular weight is 608 g/mol. The molecule has 3 amide bonds. The number of carbonyl (C=O) groups is 3. The number of hydrogen-bond acceptors (Lipinski definition) is 6. The van der Waals surface area contributed by atoms with E-state index in [9.17, 15) is 14.4 Å². The summed E-state index contributed by atoms with van der Waals surface area (Å²) in [4.78, 5) is 36.4. The van der Waals surface area contributed by atoms with Gasteiger partial charge in [-0.15, -0.1) is 0 Å². The summed E-state index contributed by atoms with van der Waals surface area (Å²) < 4.78 is 11.9. The number of ether oxygens (including phenoxy) is 2. The van der Waals surface area contributed by atoms with Crippen molar-refractivity contribution in [3.05, 3.63) is 80.2 Å². The Labute approximate surface area is 231 Å². The van der Waals surface area contributed by atoms with E-state index in [1.807, 2.05) is 19.1 Å². The van der Waals surface area contributed by atoms with E-state index in [0.717, 1.165) is 10.0 Å². The van der Waals surface area contributed by atoms with Crippen LogP contribution >= 0.6 is 39.1 Å². The van der Waals surface area contributed by atoms with E-state index in [0.29, 0.717) is 22.7 Å². The van der Waals surface area contributed by atoms with Crippen molar-refractivity contribution in [2.45, 2.75) is 6.92 Å². The second-order valence-electron chi connectivity index (χ2n) is 7.47. The fraction of sp³-hybridized carbons (Fsp3) is 0.120. The molecule has 0 unspecified atom stereocenters. The van der Waals surface area contributed by atoms with E-state index in [4.69, 9.17) is 32.7 Å². The van der Waals surface area contributed by atoms with Gasteiger partial charge in [0.2, 0.25) is 0 Å². The molecular weight excluding hydrogens is 587 g/mol. The maximum absolute atomic E-state index is 12.3. The number of anilines is 2. The Morgan fingerprint density at radius 3 is 2.51 bits per heavy atom. The molecule has 37 heavy (non-hydrogen) atoms. The van der Waals surface area contributed by atoms with Crippen LogP contribution in [0.15, 0.2) is 64.2 Å². The molecule has 0 heterocycles. The minimum atomic E-state index is -1.01. The fourth-order valence-electron chi connectivity index (χ4n) is 2.94. The van der Waals surface area contributed by atoms with Gasteiger partial charge >= 0.3 is 11.8 Å². The Kier molecular flexibility index (Phi) is 9.90. The number of nitrogens with one attached hydrogen (secondary N) is 3. The number of aryl methyl sites for hydroxylation is 1. The Bertz CT molecular complexity index is 1370. The molecule has 0 atom stereocenters. The van der Waals surface area contributed by atoms with Crippen molar-refractivity contribution < 1.29 is 23.9 Å². The summed E-state index contributed by atoms with van der Waals surface area (Å²) in [5.74, 6) is -1.64. The first-order valence-electron chi connectivity index (χ1n) is 10.6. The normalized spacial score (nSPS) is 10.6. The molecule has 3 N–H and O–H groups in total. The molecule has 3 aromatic rings. The number of hydrogen-bond donors (Lipinski definition) is 3. The topological polar surface area (TPSA) is 118 Å². The Hall–Kier alpha value is -3.60. The van der Waals surface area contributed by atoms with Crippen LogP contribution in [0, 0.1) is 6.92 Å². The number of carbonyl (C=O) groups excluding carboxylic acids is 3. The zero-order chi connectivity index (χ0) is 26.9. The van der Waals surface area contributed by atoms with Crippen molar-refractivity contribution in [2.24, 2.45) is 5.10 Å². The van der Waals surface area contributed by atoms with Crippen molar-refractivity contribution in [3.63, 3.8) is 0 Å². The summed E-state index contributed by atoms with van der Waals surface area (Å²) in [7, 11) is 1.45. The smallest absolute Gasteiger partial charge is 0.329 e. The highest BCUT2D eigenvalue weighted by Crippen LogP contribution is 2.29. The molecule has 0 aliphatic heterocycles. The van der Waals surface area contributed by atoms with Gasteiger partial charge < -0.3 is 20.1 Å². The number of rotatable bonds is 8.